The van der Waals surface area contributed by atoms with Gasteiger partial charge >= 0.3 is 0 Å². The quantitative estimate of drug-likeness (QED) is 0.401. The molecule has 4 aromatic rings. The van der Waals surface area contributed by atoms with Crippen molar-refractivity contribution in [1.29, 1.82) is 0 Å². The molecule has 0 unspecified atom stereocenters. The van der Waals surface area contributed by atoms with Gasteiger partial charge < -0.3 is 14.2 Å². The molecule has 3 aromatic carbocycles. The lowest BCUT2D eigenvalue weighted by molar-refractivity contribution is 0.324. The van der Waals surface area contributed by atoms with Gasteiger partial charge in [0.15, 0.2) is 16.3 Å². The minimum Gasteiger partial charge on any atom is -0.493 e. The first-order valence-corrected chi connectivity index (χ1v) is 12.9. The maximum atomic E-state index is 13.9. The van der Waals surface area contributed by atoms with E-state index in [0.717, 1.165) is 35.2 Å². The summed E-state index contributed by atoms with van der Waals surface area (Å²) in [6, 6.07) is 22.2. The molecule has 0 spiro atoms. The number of hydrogen-bond donors (Lipinski definition) is 0. The van der Waals surface area contributed by atoms with Crippen LogP contribution in [0.15, 0.2) is 82.1 Å². The van der Waals surface area contributed by atoms with Crippen LogP contribution in [0, 0.1) is 0 Å². The Morgan fingerprint density at radius 1 is 0.919 bits per heavy atom. The number of methoxy groups -OCH3 is 3. The number of allylic oxidation sites excluding steroid dienone is 1. The highest BCUT2D eigenvalue weighted by Crippen LogP contribution is 2.41. The van der Waals surface area contributed by atoms with E-state index in [0.29, 0.717) is 26.6 Å². The van der Waals surface area contributed by atoms with Gasteiger partial charge in [0.1, 0.15) is 0 Å². The molecule has 1 aliphatic carbocycles. The van der Waals surface area contributed by atoms with Gasteiger partial charge in [0, 0.05) is 5.56 Å². The minimum absolute atomic E-state index is 0.0586. The summed E-state index contributed by atoms with van der Waals surface area (Å²) in [5.41, 5.74) is 6.46. The molecule has 1 aliphatic heterocycles. The van der Waals surface area contributed by atoms with Crippen molar-refractivity contribution in [3.8, 4) is 17.2 Å². The van der Waals surface area contributed by atoms with E-state index in [4.69, 9.17) is 19.2 Å². The lowest BCUT2D eigenvalue weighted by Gasteiger charge is -2.30. The normalized spacial score (nSPS) is 16.4. The van der Waals surface area contributed by atoms with Crippen molar-refractivity contribution >= 4 is 23.1 Å². The number of nitrogens with zero attached hydrogens (tertiary/aromatic N) is 2. The second-order valence-electron chi connectivity index (χ2n) is 8.98. The Bertz CT molecular complexity index is 1690. The summed E-state index contributed by atoms with van der Waals surface area (Å²) in [4.78, 5) is 19.7. The smallest absolute Gasteiger partial charge is 0.271 e. The van der Waals surface area contributed by atoms with Gasteiger partial charge in [0.2, 0.25) is 5.75 Å². The molecule has 2 heterocycles. The first-order valence-electron chi connectivity index (χ1n) is 12.1. The Morgan fingerprint density at radius 3 is 2.32 bits per heavy atom. The van der Waals surface area contributed by atoms with Crippen LogP contribution < -0.4 is 29.1 Å². The van der Waals surface area contributed by atoms with E-state index in [-0.39, 0.29) is 11.6 Å². The topological polar surface area (TPSA) is 62.1 Å². The van der Waals surface area contributed by atoms with Crippen molar-refractivity contribution in [2.75, 3.05) is 21.3 Å². The third-order valence-electron chi connectivity index (χ3n) is 6.97. The third-order valence-corrected chi connectivity index (χ3v) is 7.96. The molecule has 0 N–H and O–H groups in total. The summed E-state index contributed by atoms with van der Waals surface area (Å²) in [5, 5.41) is 0. The molecule has 0 radical (unpaired) electrons. The number of fused-ring (bicyclic) bond motifs is 3. The fourth-order valence-corrected chi connectivity index (χ4v) is 6.29. The Labute approximate surface area is 218 Å². The highest BCUT2D eigenvalue weighted by molar-refractivity contribution is 7.07. The van der Waals surface area contributed by atoms with Gasteiger partial charge in [0.25, 0.3) is 5.56 Å². The molecule has 0 fully saturated rings. The number of aryl methyl sites for hydroxylation is 1. The second kappa shape index (κ2) is 9.41. The zero-order valence-electron chi connectivity index (χ0n) is 20.9. The summed E-state index contributed by atoms with van der Waals surface area (Å²) >= 11 is 1.40. The summed E-state index contributed by atoms with van der Waals surface area (Å²) in [6.45, 7) is 0. The highest BCUT2D eigenvalue weighted by atomic mass is 32.1. The zero-order valence-corrected chi connectivity index (χ0v) is 21.7. The fraction of sp³-hybridized carbons (Fsp3) is 0.200. The maximum Gasteiger partial charge on any atom is 0.271 e. The summed E-state index contributed by atoms with van der Waals surface area (Å²) in [7, 11) is 4.73. The molecule has 0 saturated carbocycles. The second-order valence-corrected chi connectivity index (χ2v) is 9.99. The van der Waals surface area contributed by atoms with E-state index in [1.54, 1.807) is 21.3 Å². The van der Waals surface area contributed by atoms with Crippen molar-refractivity contribution < 1.29 is 14.2 Å². The standard InChI is InChI=1S/C30H26N2O4S/c1-34-23-15-18(16-24(35-2)28(23)36-3)17-25-29(33)32-27(20-10-5-4-6-11-20)22-14-13-19-9-7-8-12-21(19)26(22)31-30(32)37-25/h4-12,15-17,27H,13-14H2,1-3H3/t27-/m0/s1. The Balaban J connectivity index is 1.59. The Kier molecular flexibility index (Phi) is 5.93. The van der Waals surface area contributed by atoms with Crippen LogP contribution in [-0.4, -0.2) is 25.9 Å². The maximum absolute atomic E-state index is 13.9. The molecule has 0 bridgehead atoms. The van der Waals surface area contributed by atoms with E-state index < -0.39 is 0 Å². The molecule has 6 rings (SSSR count). The summed E-state index contributed by atoms with van der Waals surface area (Å²) in [6.07, 6.45) is 3.67. The molecule has 186 valence electrons. The van der Waals surface area contributed by atoms with E-state index >= 15 is 0 Å². The zero-order chi connectivity index (χ0) is 25.5. The predicted molar refractivity (Wildman–Crippen MR) is 145 cm³/mol. The van der Waals surface area contributed by atoms with Crippen molar-refractivity contribution in [2.24, 2.45) is 4.99 Å². The van der Waals surface area contributed by atoms with Gasteiger partial charge in [-0.1, -0.05) is 65.9 Å². The number of benzene rings is 3. The molecule has 37 heavy (non-hydrogen) atoms. The van der Waals surface area contributed by atoms with Crippen molar-refractivity contribution in [2.45, 2.75) is 18.9 Å². The van der Waals surface area contributed by atoms with Crippen LogP contribution in [-0.2, 0) is 6.42 Å². The SMILES string of the molecule is COc1cc(C=c2sc3n(c2=O)[C@@H](c2ccccc2)C2=C(N=3)c3ccccc3CC2)cc(OC)c1OC. The third kappa shape index (κ3) is 3.86. The average molecular weight is 511 g/mol. The van der Waals surface area contributed by atoms with Crippen molar-refractivity contribution in [1.82, 2.24) is 4.57 Å². The largest absolute Gasteiger partial charge is 0.493 e. The Hall–Kier alpha value is -4.10. The van der Waals surface area contributed by atoms with Crippen LogP contribution in [0.5, 0.6) is 17.2 Å². The first-order chi connectivity index (χ1) is 18.1. The van der Waals surface area contributed by atoms with E-state index in [1.165, 1.54) is 22.5 Å². The molecule has 6 nitrogen and oxygen atoms in total. The van der Waals surface area contributed by atoms with Crippen molar-refractivity contribution in [3.05, 3.63) is 114 Å². The van der Waals surface area contributed by atoms with Crippen LogP contribution in [0.25, 0.3) is 11.8 Å². The molecule has 1 aromatic heterocycles. The highest BCUT2D eigenvalue weighted by Gasteiger charge is 2.32. The Morgan fingerprint density at radius 2 is 1.62 bits per heavy atom. The number of hydrogen-bond acceptors (Lipinski definition) is 6. The number of ether oxygens (including phenoxy) is 3. The number of rotatable bonds is 5. The van der Waals surface area contributed by atoms with Crippen LogP contribution in [0.1, 0.15) is 34.7 Å². The average Bonchev–Trinajstić information content (AvgIpc) is 3.25. The van der Waals surface area contributed by atoms with Crippen LogP contribution >= 0.6 is 11.3 Å². The van der Waals surface area contributed by atoms with Crippen molar-refractivity contribution in [3.63, 3.8) is 0 Å². The monoisotopic (exact) mass is 510 g/mol. The fourth-order valence-electron chi connectivity index (χ4n) is 5.29. The van der Waals surface area contributed by atoms with Crippen LogP contribution in [0.2, 0.25) is 0 Å². The summed E-state index contributed by atoms with van der Waals surface area (Å²) < 4.78 is 18.9. The van der Waals surface area contributed by atoms with Crippen LogP contribution in [0.3, 0.4) is 0 Å². The van der Waals surface area contributed by atoms with E-state index in [1.807, 2.05) is 41.0 Å². The molecule has 7 heteroatoms. The van der Waals surface area contributed by atoms with E-state index in [9.17, 15) is 4.79 Å². The lowest BCUT2D eigenvalue weighted by Crippen LogP contribution is -2.38. The van der Waals surface area contributed by atoms with Gasteiger partial charge in [0.05, 0.1) is 37.6 Å². The predicted octanol–water partition coefficient (Wildman–Crippen LogP) is 4.34. The van der Waals surface area contributed by atoms with Gasteiger partial charge in [-0.15, -0.1) is 0 Å². The number of thiazole rings is 1. The first kappa shape index (κ1) is 23.3. The van der Waals surface area contributed by atoms with Gasteiger partial charge in [-0.2, -0.15) is 0 Å². The molecule has 0 amide bonds. The molecule has 0 saturated heterocycles. The molecule has 1 atom stereocenters. The van der Waals surface area contributed by atoms with Gasteiger partial charge in [-0.25, -0.2) is 4.99 Å². The van der Waals surface area contributed by atoms with Gasteiger partial charge in [-0.3, -0.25) is 9.36 Å². The van der Waals surface area contributed by atoms with Gasteiger partial charge in [-0.05, 0) is 53.3 Å². The molecular weight excluding hydrogens is 484 g/mol. The minimum atomic E-state index is -0.192. The van der Waals surface area contributed by atoms with Crippen LogP contribution in [0.4, 0.5) is 0 Å². The molecular formula is C30H26N2O4S. The molecule has 2 aliphatic rings. The lowest BCUT2D eigenvalue weighted by atomic mass is 9.83. The van der Waals surface area contributed by atoms with E-state index in [2.05, 4.69) is 36.4 Å². The number of aromatic nitrogens is 1. The summed E-state index contributed by atoms with van der Waals surface area (Å²) in [5.74, 6) is 1.59.